The number of carbonyl (C=O) groups excluding carboxylic acids is 1. The highest BCUT2D eigenvalue weighted by molar-refractivity contribution is 5.93. The highest BCUT2D eigenvalue weighted by Crippen LogP contribution is 2.33. The molecule has 90 valence electrons. The molecule has 5 heteroatoms. The van der Waals surface area contributed by atoms with Crippen LogP contribution in [-0.4, -0.2) is 24.6 Å². The van der Waals surface area contributed by atoms with Gasteiger partial charge in [-0.05, 0) is 26.5 Å². The molecule has 16 heavy (non-hydrogen) atoms. The molecule has 0 aromatic heterocycles. The molecule has 0 spiro atoms. The van der Waals surface area contributed by atoms with E-state index < -0.39 is 5.92 Å². The molecule has 3 nitrogen and oxygen atoms in total. The maximum Gasteiger partial charge on any atom is 0.269 e. The minimum absolute atomic E-state index is 0.162. The van der Waals surface area contributed by atoms with E-state index >= 15 is 0 Å². The zero-order chi connectivity index (χ0) is 12.2. The molecule has 0 aromatic rings. The smallest absolute Gasteiger partial charge is 0.269 e. The van der Waals surface area contributed by atoms with E-state index in [2.05, 4.69) is 17.0 Å². The molecule has 1 aliphatic rings. The predicted octanol–water partition coefficient (Wildman–Crippen LogP) is 2.28. The number of allylic oxidation sites excluding steroid dienone is 1. The number of carbonyl (C=O) groups is 1. The molecule has 0 aromatic carbocycles. The van der Waals surface area contributed by atoms with Gasteiger partial charge in [-0.2, -0.15) is 0 Å². The SMILES string of the molecule is C=N/C(=C\C)C(=O)NC1CCC(F)(F)CC1. The van der Waals surface area contributed by atoms with Crippen LogP contribution in [0.25, 0.3) is 0 Å². The fraction of sp³-hybridized carbons (Fsp3) is 0.636. The van der Waals surface area contributed by atoms with Crippen LogP contribution < -0.4 is 5.32 Å². The fourth-order valence-electron chi connectivity index (χ4n) is 1.74. The quantitative estimate of drug-likeness (QED) is 0.586. The van der Waals surface area contributed by atoms with Gasteiger partial charge < -0.3 is 5.32 Å². The van der Waals surface area contributed by atoms with Crippen LogP contribution in [0.3, 0.4) is 0 Å². The molecule has 0 aliphatic heterocycles. The standard InChI is InChI=1S/C11H16F2N2O/c1-3-9(14-2)10(16)15-8-4-6-11(12,13)7-5-8/h3,8H,2,4-7H2,1H3,(H,15,16)/b9-3-. The predicted molar refractivity (Wildman–Crippen MR) is 58.7 cm³/mol. The summed E-state index contributed by atoms with van der Waals surface area (Å²) >= 11 is 0. The summed E-state index contributed by atoms with van der Waals surface area (Å²) in [4.78, 5) is 15.1. The summed E-state index contributed by atoms with van der Waals surface area (Å²) in [5.74, 6) is -2.91. The van der Waals surface area contributed by atoms with Gasteiger partial charge in [0.15, 0.2) is 0 Å². The molecule has 0 radical (unpaired) electrons. The zero-order valence-electron chi connectivity index (χ0n) is 9.30. The van der Waals surface area contributed by atoms with E-state index in [1.807, 2.05) is 0 Å². The van der Waals surface area contributed by atoms with Gasteiger partial charge in [-0.15, -0.1) is 0 Å². The maximum atomic E-state index is 12.9. The third-order valence-electron chi connectivity index (χ3n) is 2.73. The molecule has 0 heterocycles. The van der Waals surface area contributed by atoms with E-state index in [0.29, 0.717) is 12.8 Å². The normalized spacial score (nSPS) is 21.6. The third kappa shape index (κ3) is 3.40. The van der Waals surface area contributed by atoms with Gasteiger partial charge in [-0.1, -0.05) is 6.08 Å². The van der Waals surface area contributed by atoms with Gasteiger partial charge >= 0.3 is 0 Å². The molecule has 0 saturated heterocycles. The van der Waals surface area contributed by atoms with E-state index in [9.17, 15) is 13.6 Å². The molecule has 0 unspecified atom stereocenters. The molecular weight excluding hydrogens is 214 g/mol. The van der Waals surface area contributed by atoms with Crippen molar-refractivity contribution in [3.05, 3.63) is 11.8 Å². The van der Waals surface area contributed by atoms with Crippen molar-refractivity contribution in [2.24, 2.45) is 4.99 Å². The highest BCUT2D eigenvalue weighted by atomic mass is 19.3. The van der Waals surface area contributed by atoms with Crippen LogP contribution in [-0.2, 0) is 4.79 Å². The van der Waals surface area contributed by atoms with Crippen LogP contribution in [0, 0.1) is 0 Å². The van der Waals surface area contributed by atoms with Crippen molar-refractivity contribution in [3.63, 3.8) is 0 Å². The lowest BCUT2D eigenvalue weighted by atomic mass is 9.92. The Balaban J connectivity index is 2.45. The second kappa shape index (κ2) is 5.18. The van der Waals surface area contributed by atoms with E-state index in [1.165, 1.54) is 0 Å². The number of hydrogen-bond donors (Lipinski definition) is 1. The van der Waals surface area contributed by atoms with Crippen LogP contribution in [0.2, 0.25) is 0 Å². The number of amides is 1. The fourth-order valence-corrected chi connectivity index (χ4v) is 1.74. The lowest BCUT2D eigenvalue weighted by molar-refractivity contribution is -0.119. The first-order valence-electron chi connectivity index (χ1n) is 5.30. The number of rotatable bonds is 3. The monoisotopic (exact) mass is 230 g/mol. The largest absolute Gasteiger partial charge is 0.348 e. The molecular formula is C11H16F2N2O. The number of halogens is 2. The van der Waals surface area contributed by atoms with Crippen LogP contribution >= 0.6 is 0 Å². The number of alkyl halides is 2. The average molecular weight is 230 g/mol. The van der Waals surface area contributed by atoms with Gasteiger partial charge in [-0.3, -0.25) is 9.79 Å². The summed E-state index contributed by atoms with van der Waals surface area (Å²) in [6.07, 6.45) is 1.84. The lowest BCUT2D eigenvalue weighted by Crippen LogP contribution is -2.40. The molecule has 0 bridgehead atoms. The van der Waals surface area contributed by atoms with Crippen LogP contribution in [0.15, 0.2) is 16.8 Å². The van der Waals surface area contributed by atoms with Crippen molar-refractivity contribution >= 4 is 12.6 Å². The first kappa shape index (κ1) is 12.8. The Morgan fingerprint density at radius 2 is 2.06 bits per heavy atom. The van der Waals surface area contributed by atoms with Crippen molar-refractivity contribution in [2.75, 3.05) is 0 Å². The molecule has 1 rings (SSSR count). The maximum absolute atomic E-state index is 12.9. The van der Waals surface area contributed by atoms with Gasteiger partial charge in [-0.25, -0.2) is 8.78 Å². The van der Waals surface area contributed by atoms with E-state index in [0.717, 1.165) is 0 Å². The Morgan fingerprint density at radius 1 is 1.50 bits per heavy atom. The van der Waals surface area contributed by atoms with Gasteiger partial charge in [0.05, 0.1) is 0 Å². The number of nitrogens with zero attached hydrogens (tertiary/aromatic N) is 1. The minimum atomic E-state index is -2.57. The van der Waals surface area contributed by atoms with E-state index in [1.54, 1.807) is 13.0 Å². The highest BCUT2D eigenvalue weighted by Gasteiger charge is 2.35. The summed E-state index contributed by atoms with van der Waals surface area (Å²) < 4.78 is 25.7. The van der Waals surface area contributed by atoms with Gasteiger partial charge in [0, 0.05) is 18.9 Å². The minimum Gasteiger partial charge on any atom is -0.348 e. The molecule has 1 N–H and O–H groups in total. The Kier molecular flexibility index (Phi) is 4.15. The Labute approximate surface area is 93.6 Å². The van der Waals surface area contributed by atoms with Crippen molar-refractivity contribution in [2.45, 2.75) is 44.6 Å². The Bertz CT molecular complexity index is 303. The lowest BCUT2D eigenvalue weighted by Gasteiger charge is -2.28. The van der Waals surface area contributed by atoms with Gasteiger partial charge in [0.25, 0.3) is 5.91 Å². The second-order valence-electron chi connectivity index (χ2n) is 3.94. The Hall–Kier alpha value is -1.26. The molecule has 1 aliphatic carbocycles. The van der Waals surface area contributed by atoms with Crippen LogP contribution in [0.5, 0.6) is 0 Å². The van der Waals surface area contributed by atoms with Crippen molar-refractivity contribution in [3.8, 4) is 0 Å². The summed E-state index contributed by atoms with van der Waals surface area (Å²) in [5, 5.41) is 2.68. The van der Waals surface area contributed by atoms with Gasteiger partial charge in [0.1, 0.15) is 5.70 Å². The number of aliphatic imine (C=N–C) groups is 1. The second-order valence-corrected chi connectivity index (χ2v) is 3.94. The summed E-state index contributed by atoms with van der Waals surface area (Å²) in [5.41, 5.74) is 0.234. The van der Waals surface area contributed by atoms with Crippen molar-refractivity contribution in [1.82, 2.24) is 5.32 Å². The summed E-state index contributed by atoms with van der Waals surface area (Å²) in [6.45, 7) is 4.95. The summed E-state index contributed by atoms with van der Waals surface area (Å²) in [7, 11) is 0. The van der Waals surface area contributed by atoms with Crippen molar-refractivity contribution < 1.29 is 13.6 Å². The molecule has 1 fully saturated rings. The first-order valence-corrected chi connectivity index (χ1v) is 5.30. The Morgan fingerprint density at radius 3 is 2.50 bits per heavy atom. The van der Waals surface area contributed by atoms with Gasteiger partial charge in [0.2, 0.25) is 5.92 Å². The summed E-state index contributed by atoms with van der Waals surface area (Å²) in [6, 6.07) is -0.177. The number of nitrogens with one attached hydrogen (secondary N) is 1. The van der Waals surface area contributed by atoms with Crippen LogP contribution in [0.4, 0.5) is 8.78 Å². The first-order chi connectivity index (χ1) is 7.48. The van der Waals surface area contributed by atoms with E-state index in [-0.39, 0.29) is 30.5 Å². The number of hydrogen-bond acceptors (Lipinski definition) is 2. The molecule has 1 saturated carbocycles. The van der Waals surface area contributed by atoms with E-state index in [4.69, 9.17) is 0 Å². The topological polar surface area (TPSA) is 41.5 Å². The van der Waals surface area contributed by atoms with Crippen molar-refractivity contribution in [1.29, 1.82) is 0 Å². The molecule has 1 amide bonds. The average Bonchev–Trinajstić information content (AvgIpc) is 2.23. The molecule has 0 atom stereocenters. The zero-order valence-corrected chi connectivity index (χ0v) is 9.30. The van der Waals surface area contributed by atoms with Crippen LogP contribution in [0.1, 0.15) is 32.6 Å². The third-order valence-corrected chi connectivity index (χ3v) is 2.73.